The number of thioether (sulfide) groups is 1. The van der Waals surface area contributed by atoms with Crippen molar-refractivity contribution in [3.8, 4) is 22.6 Å². The number of ether oxygens (including phenoxy) is 2. The van der Waals surface area contributed by atoms with Gasteiger partial charge in [-0.1, -0.05) is 19.9 Å². The summed E-state index contributed by atoms with van der Waals surface area (Å²) in [5.41, 5.74) is 1.03. The first-order valence-electron chi connectivity index (χ1n) is 10.1. The zero-order chi connectivity index (χ0) is 24.8. The number of fused-ring (bicyclic) bond motifs is 1. The highest BCUT2D eigenvalue weighted by Crippen LogP contribution is 2.48. The highest BCUT2D eigenvalue weighted by Gasteiger charge is 2.37. The van der Waals surface area contributed by atoms with E-state index in [1.54, 1.807) is 6.07 Å². The van der Waals surface area contributed by atoms with E-state index in [4.69, 9.17) is 4.74 Å². The molecule has 0 saturated carbocycles. The third-order valence-corrected chi connectivity index (χ3v) is 6.15. The van der Waals surface area contributed by atoms with Crippen molar-refractivity contribution in [1.82, 2.24) is 10.6 Å². The SMILES string of the molecule is CNC(=O)c1cc(-c2cc(C=C3SC(=O)NC3=O)ccc2OC(F)(F)F)c2c(c1)C(C)(C)CO2. The summed E-state index contributed by atoms with van der Waals surface area (Å²) in [6, 6.07) is 6.94. The molecular weight excluding hydrogens is 473 g/mol. The molecule has 0 aromatic heterocycles. The second-order valence-electron chi connectivity index (χ2n) is 8.31. The van der Waals surface area contributed by atoms with Crippen molar-refractivity contribution in [3.05, 3.63) is 51.9 Å². The van der Waals surface area contributed by atoms with Gasteiger partial charge in [-0.05, 0) is 47.7 Å². The number of benzene rings is 2. The zero-order valence-electron chi connectivity index (χ0n) is 18.3. The number of carbonyl (C=O) groups is 3. The highest BCUT2D eigenvalue weighted by molar-refractivity contribution is 8.18. The van der Waals surface area contributed by atoms with Crippen molar-refractivity contribution in [2.24, 2.45) is 0 Å². The summed E-state index contributed by atoms with van der Waals surface area (Å²) in [5, 5.41) is 4.10. The van der Waals surface area contributed by atoms with Gasteiger partial charge in [0.15, 0.2) is 0 Å². The zero-order valence-corrected chi connectivity index (χ0v) is 19.1. The van der Waals surface area contributed by atoms with Gasteiger partial charge in [0, 0.05) is 34.7 Å². The average molecular weight is 492 g/mol. The summed E-state index contributed by atoms with van der Waals surface area (Å²) in [6.07, 6.45) is -3.58. The van der Waals surface area contributed by atoms with Crippen molar-refractivity contribution < 1.29 is 37.0 Å². The lowest BCUT2D eigenvalue weighted by Crippen LogP contribution is -2.21. The molecule has 2 aromatic carbocycles. The summed E-state index contributed by atoms with van der Waals surface area (Å²) in [7, 11) is 1.45. The average Bonchev–Trinajstić information content (AvgIpc) is 3.24. The maximum atomic E-state index is 13.2. The molecule has 3 amide bonds. The van der Waals surface area contributed by atoms with Crippen LogP contribution < -0.4 is 20.1 Å². The fourth-order valence-corrected chi connectivity index (χ4v) is 4.41. The molecule has 0 spiro atoms. The van der Waals surface area contributed by atoms with Crippen LogP contribution in [0.3, 0.4) is 0 Å². The minimum Gasteiger partial charge on any atom is -0.492 e. The first-order chi connectivity index (χ1) is 15.9. The molecule has 0 unspecified atom stereocenters. The van der Waals surface area contributed by atoms with E-state index in [0.717, 1.165) is 6.07 Å². The number of rotatable bonds is 4. The largest absolute Gasteiger partial charge is 0.573 e. The number of nitrogens with one attached hydrogen (secondary N) is 2. The molecule has 34 heavy (non-hydrogen) atoms. The van der Waals surface area contributed by atoms with Crippen LogP contribution in [0.1, 0.15) is 35.3 Å². The van der Waals surface area contributed by atoms with Gasteiger partial charge in [0.2, 0.25) is 0 Å². The smallest absolute Gasteiger partial charge is 0.492 e. The van der Waals surface area contributed by atoms with Crippen LogP contribution in [0.2, 0.25) is 0 Å². The first-order valence-corrected chi connectivity index (χ1v) is 10.9. The van der Waals surface area contributed by atoms with Gasteiger partial charge < -0.3 is 14.8 Å². The maximum absolute atomic E-state index is 13.2. The number of hydrogen-bond acceptors (Lipinski definition) is 6. The predicted octanol–water partition coefficient (Wildman–Crippen LogP) is 4.61. The Balaban J connectivity index is 1.94. The molecule has 11 heteroatoms. The molecule has 178 valence electrons. The van der Waals surface area contributed by atoms with E-state index in [1.807, 2.05) is 13.8 Å². The number of alkyl halides is 3. The van der Waals surface area contributed by atoms with Crippen LogP contribution in [0, 0.1) is 0 Å². The molecule has 0 radical (unpaired) electrons. The summed E-state index contributed by atoms with van der Waals surface area (Å²) in [6.45, 7) is 4.07. The van der Waals surface area contributed by atoms with E-state index >= 15 is 0 Å². The molecule has 7 nitrogen and oxygen atoms in total. The van der Waals surface area contributed by atoms with E-state index in [9.17, 15) is 27.6 Å². The fourth-order valence-electron chi connectivity index (χ4n) is 3.73. The Labute approximate surface area is 196 Å². The lowest BCUT2D eigenvalue weighted by Gasteiger charge is -2.19. The standard InChI is InChI=1S/C23H19F3N2O5S/c1-22(2)10-32-18-14(8-12(9-15(18)22)19(29)27-3)13-6-11(4-5-16(13)33-23(24,25)26)7-17-20(30)28-21(31)34-17/h4-9H,10H2,1-3H3,(H,27,29)(H,28,30,31). The van der Waals surface area contributed by atoms with Gasteiger partial charge in [0.05, 0.1) is 11.5 Å². The van der Waals surface area contributed by atoms with Crippen LogP contribution >= 0.6 is 11.8 Å². The molecule has 2 heterocycles. The van der Waals surface area contributed by atoms with Gasteiger partial charge in [-0.15, -0.1) is 13.2 Å². The minimum atomic E-state index is -4.97. The van der Waals surface area contributed by atoms with Crippen LogP contribution in [-0.4, -0.2) is 37.1 Å². The lowest BCUT2D eigenvalue weighted by molar-refractivity contribution is -0.274. The van der Waals surface area contributed by atoms with E-state index in [0.29, 0.717) is 28.6 Å². The molecule has 0 bridgehead atoms. The Hall–Kier alpha value is -3.47. The lowest BCUT2D eigenvalue weighted by atomic mass is 9.84. The van der Waals surface area contributed by atoms with E-state index in [1.165, 1.54) is 31.3 Å². The molecule has 0 atom stereocenters. The quantitative estimate of drug-likeness (QED) is 0.606. The molecule has 2 N–H and O–H groups in total. The Morgan fingerprint density at radius 3 is 2.56 bits per heavy atom. The summed E-state index contributed by atoms with van der Waals surface area (Å²) < 4.78 is 49.7. The van der Waals surface area contributed by atoms with Crippen molar-refractivity contribution in [3.63, 3.8) is 0 Å². The van der Waals surface area contributed by atoms with E-state index < -0.39 is 34.6 Å². The Morgan fingerprint density at radius 2 is 1.94 bits per heavy atom. The second kappa shape index (κ2) is 8.39. The molecule has 0 aliphatic carbocycles. The van der Waals surface area contributed by atoms with Crippen LogP contribution in [0.25, 0.3) is 17.2 Å². The normalized spacial score (nSPS) is 17.9. The van der Waals surface area contributed by atoms with Crippen molar-refractivity contribution in [2.75, 3.05) is 13.7 Å². The maximum Gasteiger partial charge on any atom is 0.573 e. The number of hydrogen-bond donors (Lipinski definition) is 2. The summed E-state index contributed by atoms with van der Waals surface area (Å²) in [4.78, 5) is 35.9. The number of amides is 3. The fraction of sp³-hybridized carbons (Fsp3) is 0.261. The van der Waals surface area contributed by atoms with Gasteiger partial charge in [-0.3, -0.25) is 19.7 Å². The summed E-state index contributed by atoms with van der Waals surface area (Å²) in [5.74, 6) is -1.17. The third kappa shape index (κ3) is 4.60. The number of imide groups is 1. The van der Waals surface area contributed by atoms with Gasteiger partial charge in [-0.25, -0.2) is 0 Å². The van der Waals surface area contributed by atoms with E-state index in [-0.39, 0.29) is 28.2 Å². The van der Waals surface area contributed by atoms with E-state index in [2.05, 4.69) is 15.4 Å². The molecule has 1 saturated heterocycles. The van der Waals surface area contributed by atoms with Crippen LogP contribution in [0.15, 0.2) is 35.2 Å². The molecule has 4 rings (SSSR count). The Kier molecular flexibility index (Phi) is 5.84. The monoisotopic (exact) mass is 492 g/mol. The Morgan fingerprint density at radius 1 is 1.21 bits per heavy atom. The van der Waals surface area contributed by atoms with Gasteiger partial charge in [0.25, 0.3) is 17.1 Å². The molecular formula is C23H19F3N2O5S. The highest BCUT2D eigenvalue weighted by atomic mass is 32.2. The predicted molar refractivity (Wildman–Crippen MR) is 120 cm³/mol. The third-order valence-electron chi connectivity index (χ3n) is 5.34. The first kappa shape index (κ1) is 23.7. The van der Waals surface area contributed by atoms with Crippen LogP contribution in [0.4, 0.5) is 18.0 Å². The van der Waals surface area contributed by atoms with Crippen molar-refractivity contribution in [1.29, 1.82) is 0 Å². The topological polar surface area (TPSA) is 93.7 Å². The molecule has 1 fully saturated rings. The molecule has 2 aliphatic rings. The van der Waals surface area contributed by atoms with Crippen LogP contribution in [-0.2, 0) is 10.2 Å². The molecule has 2 aliphatic heterocycles. The van der Waals surface area contributed by atoms with Crippen molar-refractivity contribution >= 4 is 34.9 Å². The Bertz CT molecular complexity index is 1250. The summed E-state index contributed by atoms with van der Waals surface area (Å²) >= 11 is 0.686. The van der Waals surface area contributed by atoms with Gasteiger partial charge >= 0.3 is 6.36 Å². The van der Waals surface area contributed by atoms with Gasteiger partial charge in [-0.2, -0.15) is 0 Å². The minimum absolute atomic E-state index is 0.0149. The number of carbonyl (C=O) groups excluding carboxylic acids is 3. The van der Waals surface area contributed by atoms with Crippen LogP contribution in [0.5, 0.6) is 11.5 Å². The molecule has 2 aromatic rings. The second-order valence-corrected chi connectivity index (χ2v) is 9.32. The number of halogens is 3. The van der Waals surface area contributed by atoms with Gasteiger partial charge in [0.1, 0.15) is 11.5 Å². The van der Waals surface area contributed by atoms with Crippen molar-refractivity contribution in [2.45, 2.75) is 25.6 Å².